The van der Waals surface area contributed by atoms with E-state index in [1.165, 1.54) is 0 Å². The first kappa shape index (κ1) is 15.9. The van der Waals surface area contributed by atoms with Crippen molar-refractivity contribution in [3.8, 4) is 0 Å². The summed E-state index contributed by atoms with van der Waals surface area (Å²) in [5, 5.41) is 0. The van der Waals surface area contributed by atoms with Gasteiger partial charge >= 0.3 is 0 Å². The molecule has 2 nitrogen and oxygen atoms in total. The lowest BCUT2D eigenvalue weighted by molar-refractivity contribution is -0.0633. The van der Waals surface area contributed by atoms with E-state index in [1.807, 2.05) is 0 Å². The fourth-order valence-electron chi connectivity index (χ4n) is 1.12. The molecule has 0 bridgehead atoms. The standard InChI is InChI=1S/C14H30O2/c1-12(2,3)15-10-9-14(7,8)11-16-13(4,5)6/h9-11H2,1-8H3. The average molecular weight is 230 g/mol. The average Bonchev–Trinajstić information content (AvgIpc) is 1.97. The molecular formula is C14H30O2. The van der Waals surface area contributed by atoms with Crippen LogP contribution in [0.1, 0.15) is 61.8 Å². The predicted molar refractivity (Wildman–Crippen MR) is 69.8 cm³/mol. The van der Waals surface area contributed by atoms with Crippen molar-refractivity contribution in [3.63, 3.8) is 0 Å². The fourth-order valence-corrected chi connectivity index (χ4v) is 1.12. The van der Waals surface area contributed by atoms with Crippen LogP contribution in [0.15, 0.2) is 0 Å². The number of rotatable bonds is 5. The molecular weight excluding hydrogens is 200 g/mol. The minimum Gasteiger partial charge on any atom is -0.376 e. The van der Waals surface area contributed by atoms with E-state index in [2.05, 4.69) is 55.4 Å². The molecule has 98 valence electrons. The van der Waals surface area contributed by atoms with Gasteiger partial charge in [0.2, 0.25) is 0 Å². The molecule has 0 spiro atoms. The second-order valence-corrected chi connectivity index (χ2v) is 7.28. The molecule has 0 saturated heterocycles. The van der Waals surface area contributed by atoms with E-state index in [0.29, 0.717) is 0 Å². The molecule has 0 aromatic heterocycles. The van der Waals surface area contributed by atoms with E-state index in [0.717, 1.165) is 19.6 Å². The summed E-state index contributed by atoms with van der Waals surface area (Å²) in [4.78, 5) is 0. The van der Waals surface area contributed by atoms with Gasteiger partial charge in [-0.3, -0.25) is 0 Å². The Morgan fingerprint density at radius 3 is 1.50 bits per heavy atom. The van der Waals surface area contributed by atoms with Crippen LogP contribution in [0.2, 0.25) is 0 Å². The molecule has 0 fully saturated rings. The van der Waals surface area contributed by atoms with Crippen molar-refractivity contribution >= 4 is 0 Å². The van der Waals surface area contributed by atoms with Crippen molar-refractivity contribution in [2.45, 2.75) is 73.0 Å². The summed E-state index contributed by atoms with van der Waals surface area (Å²) in [6, 6.07) is 0. The maximum Gasteiger partial charge on any atom is 0.0598 e. The summed E-state index contributed by atoms with van der Waals surface area (Å²) >= 11 is 0. The molecule has 16 heavy (non-hydrogen) atoms. The highest BCUT2D eigenvalue weighted by Crippen LogP contribution is 2.24. The van der Waals surface area contributed by atoms with Crippen LogP contribution in [0.25, 0.3) is 0 Å². The zero-order valence-corrected chi connectivity index (χ0v) is 12.4. The molecule has 0 atom stereocenters. The topological polar surface area (TPSA) is 18.5 Å². The molecule has 0 heterocycles. The fraction of sp³-hybridized carbons (Fsp3) is 1.00. The van der Waals surface area contributed by atoms with E-state index in [4.69, 9.17) is 9.47 Å². The van der Waals surface area contributed by atoms with Crippen molar-refractivity contribution in [3.05, 3.63) is 0 Å². The summed E-state index contributed by atoms with van der Waals surface area (Å²) in [6.07, 6.45) is 1.03. The van der Waals surface area contributed by atoms with E-state index < -0.39 is 0 Å². The van der Waals surface area contributed by atoms with Crippen LogP contribution < -0.4 is 0 Å². The van der Waals surface area contributed by atoms with Gasteiger partial charge in [0, 0.05) is 6.61 Å². The highest BCUT2D eigenvalue weighted by Gasteiger charge is 2.22. The summed E-state index contributed by atoms with van der Waals surface area (Å²) in [5.41, 5.74) is 0.0850. The smallest absolute Gasteiger partial charge is 0.0598 e. The van der Waals surface area contributed by atoms with Gasteiger partial charge in [-0.25, -0.2) is 0 Å². The summed E-state index contributed by atoms with van der Waals surface area (Å²) in [7, 11) is 0. The van der Waals surface area contributed by atoms with Crippen LogP contribution in [-0.2, 0) is 9.47 Å². The summed E-state index contributed by atoms with van der Waals surface area (Å²) in [5.74, 6) is 0. The van der Waals surface area contributed by atoms with Crippen molar-refractivity contribution < 1.29 is 9.47 Å². The first-order valence-corrected chi connectivity index (χ1v) is 6.19. The molecule has 2 heteroatoms. The van der Waals surface area contributed by atoms with E-state index in [1.54, 1.807) is 0 Å². The zero-order valence-electron chi connectivity index (χ0n) is 12.4. The van der Waals surface area contributed by atoms with E-state index in [9.17, 15) is 0 Å². The van der Waals surface area contributed by atoms with Gasteiger partial charge in [-0.1, -0.05) is 13.8 Å². The highest BCUT2D eigenvalue weighted by molar-refractivity contribution is 4.71. The lowest BCUT2D eigenvalue weighted by Crippen LogP contribution is -2.30. The molecule has 0 rings (SSSR count). The molecule has 0 amide bonds. The lowest BCUT2D eigenvalue weighted by Gasteiger charge is -2.30. The predicted octanol–water partition coefficient (Wildman–Crippen LogP) is 4.03. The van der Waals surface area contributed by atoms with Gasteiger partial charge in [0.05, 0.1) is 17.8 Å². The normalized spacial score (nSPS) is 14.2. The lowest BCUT2D eigenvalue weighted by atomic mass is 9.90. The molecule has 0 aromatic carbocycles. The van der Waals surface area contributed by atoms with Crippen molar-refractivity contribution in [2.75, 3.05) is 13.2 Å². The first-order chi connectivity index (χ1) is 6.91. The molecule has 0 aliphatic carbocycles. The zero-order chi connectivity index (χ0) is 13.0. The minimum atomic E-state index is -0.0534. The third kappa shape index (κ3) is 10.4. The summed E-state index contributed by atoms with van der Waals surface area (Å²) < 4.78 is 11.6. The third-order valence-electron chi connectivity index (χ3n) is 2.21. The molecule has 0 saturated carbocycles. The van der Waals surface area contributed by atoms with Gasteiger partial charge in [0.15, 0.2) is 0 Å². The van der Waals surface area contributed by atoms with Crippen LogP contribution in [0, 0.1) is 5.41 Å². The molecule has 0 unspecified atom stereocenters. The number of hydrogen-bond donors (Lipinski definition) is 0. The van der Waals surface area contributed by atoms with Gasteiger partial charge in [-0.2, -0.15) is 0 Å². The van der Waals surface area contributed by atoms with Crippen LogP contribution in [0.4, 0.5) is 0 Å². The summed E-state index contributed by atoms with van der Waals surface area (Å²) in [6.45, 7) is 18.6. The van der Waals surface area contributed by atoms with Crippen LogP contribution in [0.3, 0.4) is 0 Å². The maximum absolute atomic E-state index is 5.82. The van der Waals surface area contributed by atoms with Gasteiger partial charge in [0.25, 0.3) is 0 Å². The van der Waals surface area contributed by atoms with Gasteiger partial charge in [0.1, 0.15) is 0 Å². The minimum absolute atomic E-state index is 0.0407. The van der Waals surface area contributed by atoms with E-state index >= 15 is 0 Å². The Hall–Kier alpha value is -0.0800. The van der Waals surface area contributed by atoms with Crippen LogP contribution in [-0.4, -0.2) is 24.4 Å². The molecule has 0 aromatic rings. The van der Waals surface area contributed by atoms with Crippen molar-refractivity contribution in [1.82, 2.24) is 0 Å². The monoisotopic (exact) mass is 230 g/mol. The molecule has 0 aliphatic rings. The first-order valence-electron chi connectivity index (χ1n) is 6.19. The van der Waals surface area contributed by atoms with Crippen LogP contribution in [0.5, 0.6) is 0 Å². The Morgan fingerprint density at radius 2 is 1.12 bits per heavy atom. The third-order valence-corrected chi connectivity index (χ3v) is 2.21. The molecule has 0 N–H and O–H groups in total. The maximum atomic E-state index is 5.82. The van der Waals surface area contributed by atoms with Crippen molar-refractivity contribution in [2.24, 2.45) is 5.41 Å². The quantitative estimate of drug-likeness (QED) is 0.710. The van der Waals surface area contributed by atoms with E-state index in [-0.39, 0.29) is 16.6 Å². The SMILES string of the molecule is CC(C)(CCOC(C)(C)C)COC(C)(C)C. The number of ether oxygens (including phenoxy) is 2. The number of hydrogen-bond acceptors (Lipinski definition) is 2. The highest BCUT2D eigenvalue weighted by atomic mass is 16.5. The van der Waals surface area contributed by atoms with Crippen molar-refractivity contribution in [1.29, 1.82) is 0 Å². The van der Waals surface area contributed by atoms with Gasteiger partial charge < -0.3 is 9.47 Å². The second kappa shape index (κ2) is 5.50. The Balaban J connectivity index is 3.88. The Labute approximate surface area is 102 Å². The Bertz CT molecular complexity index is 194. The van der Waals surface area contributed by atoms with Gasteiger partial charge in [-0.05, 0) is 53.4 Å². The van der Waals surface area contributed by atoms with Crippen LogP contribution >= 0.6 is 0 Å². The van der Waals surface area contributed by atoms with Gasteiger partial charge in [-0.15, -0.1) is 0 Å². The molecule has 0 aliphatic heterocycles. The Morgan fingerprint density at radius 1 is 0.688 bits per heavy atom. The Kier molecular flexibility index (Phi) is 5.48. The largest absolute Gasteiger partial charge is 0.376 e. The second-order valence-electron chi connectivity index (χ2n) is 7.28. The molecule has 0 radical (unpaired) electrons.